The van der Waals surface area contributed by atoms with Crippen molar-refractivity contribution < 1.29 is 14.3 Å². The lowest BCUT2D eigenvalue weighted by atomic mass is 10.1. The van der Waals surface area contributed by atoms with E-state index in [1.807, 2.05) is 5.38 Å². The van der Waals surface area contributed by atoms with E-state index in [1.165, 1.54) is 11.3 Å². The van der Waals surface area contributed by atoms with Crippen molar-refractivity contribution in [2.45, 2.75) is 6.42 Å². The Hall–Kier alpha value is -1.47. The number of rotatable bonds is 2. The van der Waals surface area contributed by atoms with Crippen molar-refractivity contribution in [1.29, 1.82) is 0 Å². The van der Waals surface area contributed by atoms with Gasteiger partial charge in [-0.15, -0.1) is 11.3 Å². The summed E-state index contributed by atoms with van der Waals surface area (Å²) in [6, 6.07) is 0. The molecule has 0 aliphatic carbocycles. The van der Waals surface area contributed by atoms with E-state index in [-0.39, 0.29) is 24.3 Å². The number of carbonyl (C=O) groups is 2. The molecule has 1 aromatic heterocycles. The predicted molar refractivity (Wildman–Crippen MR) is 70.0 cm³/mol. The van der Waals surface area contributed by atoms with Gasteiger partial charge in [0.2, 0.25) is 11.8 Å². The van der Waals surface area contributed by atoms with E-state index < -0.39 is 0 Å². The topological polar surface area (TPSA) is 62.7 Å². The van der Waals surface area contributed by atoms with Gasteiger partial charge in [-0.3, -0.25) is 14.5 Å². The van der Waals surface area contributed by atoms with E-state index >= 15 is 0 Å². The molecular weight excluding hydrogens is 266 g/mol. The Morgan fingerprint density at radius 1 is 1.47 bits per heavy atom. The van der Waals surface area contributed by atoms with Crippen LogP contribution in [0.15, 0.2) is 11.6 Å². The zero-order valence-corrected chi connectivity index (χ0v) is 11.3. The van der Waals surface area contributed by atoms with E-state index in [0.717, 1.165) is 6.42 Å². The fraction of sp³-hybridized carbons (Fsp3) is 0.583. The molecular formula is C12H15N3O3S. The molecule has 0 bridgehead atoms. The summed E-state index contributed by atoms with van der Waals surface area (Å²) >= 11 is 1.44. The molecule has 1 unspecified atom stereocenters. The summed E-state index contributed by atoms with van der Waals surface area (Å²) in [5.74, 6) is -0.0858. The number of hydrogen-bond donors (Lipinski definition) is 0. The number of ether oxygens (including phenoxy) is 1. The average Bonchev–Trinajstić information content (AvgIpc) is 3.11. The SMILES string of the molecule is O=C(C1CCOC1)N1CCN(c2nccs2)C(=O)C1. The molecule has 6 nitrogen and oxygen atoms in total. The molecule has 2 aliphatic rings. The first kappa shape index (κ1) is 12.6. The number of amides is 2. The molecule has 102 valence electrons. The third-order valence-electron chi connectivity index (χ3n) is 3.46. The van der Waals surface area contributed by atoms with E-state index in [9.17, 15) is 9.59 Å². The Labute approximate surface area is 115 Å². The van der Waals surface area contributed by atoms with Gasteiger partial charge in [-0.25, -0.2) is 4.98 Å². The molecule has 1 aromatic rings. The van der Waals surface area contributed by atoms with Crippen LogP contribution in [0.5, 0.6) is 0 Å². The normalized spacial score (nSPS) is 24.0. The summed E-state index contributed by atoms with van der Waals surface area (Å²) in [6.45, 7) is 2.37. The number of thiazole rings is 1. The third kappa shape index (κ3) is 2.48. The van der Waals surface area contributed by atoms with Gasteiger partial charge in [0.15, 0.2) is 5.13 Å². The maximum absolute atomic E-state index is 12.2. The van der Waals surface area contributed by atoms with Crippen LogP contribution in [0.3, 0.4) is 0 Å². The van der Waals surface area contributed by atoms with Crippen LogP contribution in [0.2, 0.25) is 0 Å². The van der Waals surface area contributed by atoms with Crippen LogP contribution in [0.25, 0.3) is 0 Å². The summed E-state index contributed by atoms with van der Waals surface area (Å²) in [5.41, 5.74) is 0. The fourth-order valence-electron chi connectivity index (χ4n) is 2.40. The third-order valence-corrected chi connectivity index (χ3v) is 4.26. The molecule has 2 saturated heterocycles. The van der Waals surface area contributed by atoms with E-state index in [0.29, 0.717) is 31.4 Å². The minimum absolute atomic E-state index is 0.0460. The highest BCUT2D eigenvalue weighted by molar-refractivity contribution is 7.13. The molecule has 3 heterocycles. The molecule has 3 rings (SSSR count). The van der Waals surface area contributed by atoms with Gasteiger partial charge in [0, 0.05) is 31.3 Å². The Morgan fingerprint density at radius 2 is 2.37 bits per heavy atom. The number of nitrogens with zero attached hydrogens (tertiary/aromatic N) is 3. The lowest BCUT2D eigenvalue weighted by molar-refractivity contribution is -0.140. The maximum Gasteiger partial charge on any atom is 0.248 e. The van der Waals surface area contributed by atoms with Gasteiger partial charge in [0.25, 0.3) is 0 Å². The Morgan fingerprint density at radius 3 is 3.00 bits per heavy atom. The highest BCUT2D eigenvalue weighted by Crippen LogP contribution is 2.22. The van der Waals surface area contributed by atoms with Crippen LogP contribution < -0.4 is 4.90 Å². The van der Waals surface area contributed by atoms with Crippen molar-refractivity contribution >= 4 is 28.3 Å². The number of aromatic nitrogens is 1. The van der Waals surface area contributed by atoms with Crippen LogP contribution in [0.1, 0.15) is 6.42 Å². The molecule has 0 aromatic carbocycles. The molecule has 0 saturated carbocycles. The number of carbonyl (C=O) groups excluding carboxylic acids is 2. The van der Waals surface area contributed by atoms with Crippen LogP contribution in [0.4, 0.5) is 5.13 Å². The van der Waals surface area contributed by atoms with E-state index in [2.05, 4.69) is 4.98 Å². The van der Waals surface area contributed by atoms with Gasteiger partial charge in [-0.2, -0.15) is 0 Å². The van der Waals surface area contributed by atoms with Gasteiger partial charge >= 0.3 is 0 Å². The molecule has 0 N–H and O–H groups in total. The smallest absolute Gasteiger partial charge is 0.248 e. The van der Waals surface area contributed by atoms with Gasteiger partial charge in [-0.05, 0) is 6.42 Å². The van der Waals surface area contributed by atoms with Crippen molar-refractivity contribution in [3.8, 4) is 0 Å². The second-order valence-corrected chi connectivity index (χ2v) is 5.55. The molecule has 19 heavy (non-hydrogen) atoms. The summed E-state index contributed by atoms with van der Waals surface area (Å²) in [6.07, 6.45) is 2.44. The second-order valence-electron chi connectivity index (χ2n) is 4.68. The average molecular weight is 281 g/mol. The van der Waals surface area contributed by atoms with Crippen molar-refractivity contribution in [2.75, 3.05) is 37.7 Å². The predicted octanol–water partition coefficient (Wildman–Crippen LogP) is 0.355. The van der Waals surface area contributed by atoms with Crippen LogP contribution in [-0.4, -0.2) is 54.5 Å². The molecule has 7 heteroatoms. The Bertz CT molecular complexity index is 471. The van der Waals surface area contributed by atoms with Crippen molar-refractivity contribution in [2.24, 2.45) is 5.92 Å². The molecule has 2 aliphatic heterocycles. The summed E-state index contributed by atoms with van der Waals surface area (Å²) in [4.78, 5) is 31.7. The number of piperazine rings is 1. The van der Waals surface area contributed by atoms with E-state index in [4.69, 9.17) is 4.74 Å². The zero-order valence-electron chi connectivity index (χ0n) is 10.4. The summed E-state index contributed by atoms with van der Waals surface area (Å²) in [5, 5.41) is 2.55. The first-order chi connectivity index (χ1) is 9.25. The van der Waals surface area contributed by atoms with Crippen LogP contribution >= 0.6 is 11.3 Å². The van der Waals surface area contributed by atoms with Gasteiger partial charge in [0.05, 0.1) is 12.5 Å². The lowest BCUT2D eigenvalue weighted by Gasteiger charge is -2.34. The maximum atomic E-state index is 12.2. The molecule has 1 atom stereocenters. The number of anilines is 1. The van der Waals surface area contributed by atoms with Crippen molar-refractivity contribution in [3.63, 3.8) is 0 Å². The fourth-order valence-corrected chi connectivity index (χ4v) is 3.09. The standard InChI is InChI=1S/C12H15N3O3S/c16-10-7-14(11(17)9-1-5-18-8-9)3-4-15(10)12-13-2-6-19-12/h2,6,9H,1,3-5,7-8H2. The molecule has 2 fully saturated rings. The monoisotopic (exact) mass is 281 g/mol. The largest absolute Gasteiger partial charge is 0.381 e. The lowest BCUT2D eigenvalue weighted by Crippen LogP contribution is -2.53. The number of hydrogen-bond acceptors (Lipinski definition) is 5. The summed E-state index contributed by atoms with van der Waals surface area (Å²) < 4.78 is 5.22. The highest BCUT2D eigenvalue weighted by Gasteiger charge is 2.33. The van der Waals surface area contributed by atoms with Gasteiger partial charge in [0.1, 0.15) is 6.54 Å². The Balaban J connectivity index is 1.63. The van der Waals surface area contributed by atoms with Crippen LogP contribution in [0, 0.1) is 5.92 Å². The van der Waals surface area contributed by atoms with Crippen molar-refractivity contribution in [1.82, 2.24) is 9.88 Å². The van der Waals surface area contributed by atoms with Crippen LogP contribution in [-0.2, 0) is 14.3 Å². The zero-order chi connectivity index (χ0) is 13.2. The molecule has 0 radical (unpaired) electrons. The second kappa shape index (κ2) is 5.26. The first-order valence-corrected chi connectivity index (χ1v) is 7.20. The van der Waals surface area contributed by atoms with E-state index in [1.54, 1.807) is 16.0 Å². The van der Waals surface area contributed by atoms with Crippen molar-refractivity contribution in [3.05, 3.63) is 11.6 Å². The van der Waals surface area contributed by atoms with Gasteiger partial charge < -0.3 is 9.64 Å². The molecule has 2 amide bonds. The quantitative estimate of drug-likeness (QED) is 0.785. The minimum Gasteiger partial charge on any atom is -0.381 e. The Kier molecular flexibility index (Phi) is 3.48. The molecule has 0 spiro atoms. The minimum atomic E-state index is -0.0702. The summed E-state index contributed by atoms with van der Waals surface area (Å²) in [7, 11) is 0. The highest BCUT2D eigenvalue weighted by atomic mass is 32.1. The van der Waals surface area contributed by atoms with Gasteiger partial charge in [-0.1, -0.05) is 0 Å². The first-order valence-electron chi connectivity index (χ1n) is 6.32.